The van der Waals surface area contributed by atoms with Gasteiger partial charge in [-0.05, 0) is 60.2 Å². The van der Waals surface area contributed by atoms with Crippen molar-refractivity contribution in [1.29, 1.82) is 5.26 Å². The highest BCUT2D eigenvalue weighted by Gasteiger charge is 2.20. The molecule has 0 amide bonds. The van der Waals surface area contributed by atoms with E-state index < -0.39 is 5.82 Å². The standard InChI is InChI=1S/C26H18Cl2FN7/c27-20-12-17(4-5-22(20)29)35-26-19-11-18(13-21(28)25(19)33-15-36(26)14-30)34-24(16-6-9-31-10-7-16)23-3-1-2-8-32-23/h1-13,24,34-35H,15H2. The second kappa shape index (κ2) is 10.2. The van der Waals surface area contributed by atoms with E-state index in [1.807, 2.05) is 36.4 Å². The zero-order valence-electron chi connectivity index (χ0n) is 18.7. The molecule has 3 heterocycles. The molecule has 1 aliphatic rings. The first-order chi connectivity index (χ1) is 17.5. The first-order valence-electron chi connectivity index (χ1n) is 10.9. The molecule has 1 atom stereocenters. The minimum absolute atomic E-state index is 0.0335. The van der Waals surface area contributed by atoms with Gasteiger partial charge in [-0.3, -0.25) is 15.0 Å². The minimum atomic E-state index is -0.533. The van der Waals surface area contributed by atoms with Gasteiger partial charge in [-0.25, -0.2) is 9.29 Å². The molecule has 0 saturated carbocycles. The Morgan fingerprint density at radius 2 is 1.78 bits per heavy atom. The maximum Gasteiger partial charge on any atom is 0.187 e. The number of aromatic nitrogens is 2. The van der Waals surface area contributed by atoms with E-state index >= 15 is 0 Å². The summed E-state index contributed by atoms with van der Waals surface area (Å²) in [6.07, 6.45) is 7.30. The Morgan fingerprint density at radius 1 is 0.972 bits per heavy atom. The molecule has 2 aromatic heterocycles. The summed E-state index contributed by atoms with van der Waals surface area (Å²) in [5.41, 5.74) is 2.98. The molecule has 1 unspecified atom stereocenters. The molecule has 36 heavy (non-hydrogen) atoms. The number of anilines is 2. The van der Waals surface area contributed by atoms with E-state index in [2.05, 4.69) is 31.8 Å². The fourth-order valence-corrected chi connectivity index (χ4v) is 4.37. The zero-order chi connectivity index (χ0) is 25.1. The summed E-state index contributed by atoms with van der Waals surface area (Å²) in [7, 11) is 0. The molecule has 0 aliphatic carbocycles. The number of hydrogen-bond acceptors (Lipinski definition) is 7. The third-order valence-corrected chi connectivity index (χ3v) is 6.17. The highest BCUT2D eigenvalue weighted by molar-refractivity contribution is 6.31. The number of nitrogens with one attached hydrogen (secondary N) is 2. The Kier molecular flexibility index (Phi) is 6.67. The summed E-state index contributed by atoms with van der Waals surface area (Å²) in [4.78, 5) is 14.5. The average molecular weight is 518 g/mol. The molecule has 7 nitrogen and oxygen atoms in total. The number of fused-ring (bicyclic) bond motifs is 1. The highest BCUT2D eigenvalue weighted by Crippen LogP contribution is 2.26. The number of benzene rings is 2. The second-order valence-electron chi connectivity index (χ2n) is 7.90. The lowest BCUT2D eigenvalue weighted by Crippen LogP contribution is -2.42. The molecule has 2 aromatic carbocycles. The lowest BCUT2D eigenvalue weighted by atomic mass is 10.0. The quantitative estimate of drug-likeness (QED) is 0.361. The molecule has 0 spiro atoms. The number of hydrogen-bond donors (Lipinski definition) is 2. The SMILES string of the molecule is N#CN1CN=c2c(Cl)cc(NC(c3ccncc3)c3ccccn3)cc2=C1Nc1ccc(F)c(Cl)c1. The van der Waals surface area contributed by atoms with Gasteiger partial charge in [-0.15, -0.1) is 0 Å². The van der Waals surface area contributed by atoms with Gasteiger partial charge in [0, 0.05) is 35.2 Å². The molecule has 0 fully saturated rings. The van der Waals surface area contributed by atoms with E-state index in [0.29, 0.717) is 32.8 Å². The second-order valence-corrected chi connectivity index (χ2v) is 8.71. The minimum Gasteiger partial charge on any atom is -0.373 e. The largest absolute Gasteiger partial charge is 0.373 e. The topological polar surface area (TPSA) is 89.2 Å². The third kappa shape index (κ3) is 4.80. The van der Waals surface area contributed by atoms with Crippen molar-refractivity contribution >= 4 is 40.4 Å². The van der Waals surface area contributed by atoms with Gasteiger partial charge in [0.25, 0.3) is 0 Å². The van der Waals surface area contributed by atoms with Crippen molar-refractivity contribution < 1.29 is 4.39 Å². The third-order valence-electron chi connectivity index (χ3n) is 5.60. The van der Waals surface area contributed by atoms with Crippen LogP contribution in [0.5, 0.6) is 0 Å². The van der Waals surface area contributed by atoms with E-state index in [1.54, 1.807) is 30.7 Å². The summed E-state index contributed by atoms with van der Waals surface area (Å²) in [5.74, 6) is -0.0800. The molecule has 178 valence electrons. The van der Waals surface area contributed by atoms with Crippen LogP contribution in [0.3, 0.4) is 0 Å². The molecule has 0 saturated heterocycles. The van der Waals surface area contributed by atoms with Crippen LogP contribution >= 0.6 is 23.2 Å². The summed E-state index contributed by atoms with van der Waals surface area (Å²) < 4.78 is 13.7. The number of nitriles is 1. The molecule has 1 aliphatic heterocycles. The Morgan fingerprint density at radius 3 is 2.50 bits per heavy atom. The van der Waals surface area contributed by atoms with Crippen LogP contribution in [-0.2, 0) is 0 Å². The molecule has 0 radical (unpaired) electrons. The predicted octanol–water partition coefficient (Wildman–Crippen LogP) is 4.68. The Bertz CT molecular complexity index is 1530. The first kappa shape index (κ1) is 23.5. The summed E-state index contributed by atoms with van der Waals surface area (Å²) in [6, 6.07) is 17.1. The summed E-state index contributed by atoms with van der Waals surface area (Å²) in [5, 5.41) is 18.0. The van der Waals surface area contributed by atoms with Gasteiger partial charge in [0.05, 0.1) is 27.1 Å². The van der Waals surface area contributed by atoms with Crippen molar-refractivity contribution in [3.8, 4) is 6.19 Å². The van der Waals surface area contributed by atoms with E-state index in [-0.39, 0.29) is 17.7 Å². The van der Waals surface area contributed by atoms with Crippen LogP contribution in [0.4, 0.5) is 15.8 Å². The number of nitrogens with zero attached hydrogens (tertiary/aromatic N) is 5. The van der Waals surface area contributed by atoms with Crippen LogP contribution < -0.4 is 21.2 Å². The van der Waals surface area contributed by atoms with Crippen LogP contribution in [-0.4, -0.2) is 21.5 Å². The molecule has 0 bridgehead atoms. The van der Waals surface area contributed by atoms with Gasteiger partial charge in [-0.1, -0.05) is 29.3 Å². The van der Waals surface area contributed by atoms with Crippen LogP contribution in [0.15, 0.2) is 84.2 Å². The van der Waals surface area contributed by atoms with E-state index in [9.17, 15) is 9.65 Å². The zero-order valence-corrected chi connectivity index (χ0v) is 20.2. The molecule has 10 heteroatoms. The molecule has 2 N–H and O–H groups in total. The van der Waals surface area contributed by atoms with E-state index in [1.165, 1.54) is 17.0 Å². The van der Waals surface area contributed by atoms with Crippen molar-refractivity contribution in [1.82, 2.24) is 14.9 Å². The molecule has 4 aromatic rings. The highest BCUT2D eigenvalue weighted by atomic mass is 35.5. The van der Waals surface area contributed by atoms with Crippen LogP contribution in [0.25, 0.3) is 5.82 Å². The first-order valence-corrected chi connectivity index (χ1v) is 11.6. The van der Waals surface area contributed by atoms with Crippen molar-refractivity contribution in [3.05, 3.63) is 117 Å². The van der Waals surface area contributed by atoms with Crippen molar-refractivity contribution in [2.75, 3.05) is 17.3 Å². The van der Waals surface area contributed by atoms with Crippen LogP contribution in [0.2, 0.25) is 10.0 Å². The van der Waals surface area contributed by atoms with Crippen LogP contribution in [0.1, 0.15) is 17.3 Å². The fourth-order valence-electron chi connectivity index (χ4n) is 3.91. The molecular weight excluding hydrogens is 500 g/mol. The smallest absolute Gasteiger partial charge is 0.187 e. The van der Waals surface area contributed by atoms with Gasteiger partial charge in [0.15, 0.2) is 6.19 Å². The monoisotopic (exact) mass is 517 g/mol. The van der Waals surface area contributed by atoms with Gasteiger partial charge < -0.3 is 10.6 Å². The Labute approximate surface area is 216 Å². The maximum atomic E-state index is 13.7. The van der Waals surface area contributed by atoms with Crippen molar-refractivity contribution in [3.63, 3.8) is 0 Å². The lowest BCUT2D eigenvalue weighted by molar-refractivity contribution is 0.541. The van der Waals surface area contributed by atoms with Crippen molar-refractivity contribution in [2.24, 2.45) is 4.99 Å². The maximum absolute atomic E-state index is 13.7. The number of rotatable bonds is 6. The molecule has 5 rings (SSSR count). The lowest BCUT2D eigenvalue weighted by Gasteiger charge is -2.24. The van der Waals surface area contributed by atoms with E-state index in [4.69, 9.17) is 23.2 Å². The van der Waals surface area contributed by atoms with E-state index in [0.717, 1.165) is 11.3 Å². The summed E-state index contributed by atoms with van der Waals surface area (Å²) in [6.45, 7) is 0.0842. The van der Waals surface area contributed by atoms with Gasteiger partial charge in [-0.2, -0.15) is 5.26 Å². The number of pyridine rings is 2. The van der Waals surface area contributed by atoms with Gasteiger partial charge in [0.1, 0.15) is 18.3 Å². The van der Waals surface area contributed by atoms with Crippen LogP contribution in [0, 0.1) is 17.3 Å². The Balaban J connectivity index is 1.62. The number of halogens is 3. The van der Waals surface area contributed by atoms with Gasteiger partial charge in [0.2, 0.25) is 0 Å². The normalized spacial score (nSPS) is 13.3. The van der Waals surface area contributed by atoms with Gasteiger partial charge >= 0.3 is 0 Å². The average Bonchev–Trinajstić information content (AvgIpc) is 2.91. The molecular formula is C26H18Cl2FN7. The fraction of sp³-hybridized carbons (Fsp3) is 0.0769. The summed E-state index contributed by atoms with van der Waals surface area (Å²) >= 11 is 12.6. The Hall–Kier alpha value is -4.19. The predicted molar refractivity (Wildman–Crippen MR) is 137 cm³/mol. The van der Waals surface area contributed by atoms with Crippen molar-refractivity contribution in [2.45, 2.75) is 6.04 Å².